The zero-order chi connectivity index (χ0) is 18.4. The number of carbonyl (C=O) groups is 1. The molecule has 1 fully saturated rings. The topological polar surface area (TPSA) is 76.4 Å². The van der Waals surface area contributed by atoms with Crippen LogP contribution < -0.4 is 15.4 Å². The molecule has 2 aromatic carbocycles. The number of aromatic nitrogens is 1. The number of carbonyl (C=O) groups excluding carboxylic acids is 1. The van der Waals surface area contributed by atoms with E-state index in [1.165, 1.54) is 0 Å². The number of hydrogen-bond acceptors (Lipinski definition) is 4. The molecule has 6 nitrogen and oxygen atoms in total. The molecule has 1 unspecified atom stereocenters. The third-order valence-corrected chi connectivity index (χ3v) is 5.57. The molecule has 2 aliphatic rings. The van der Waals surface area contributed by atoms with Crippen molar-refractivity contribution in [3.63, 3.8) is 0 Å². The standard InChI is InChI=1S/C20H18ClN3O3/c21-12-6-7-17-14(10-12)23-19(26-17)24-18(25)22-15-11-20(8-3-9-20)27-16-5-2-1-4-13(15)16/h1-2,4-7,10,15H,3,8-9,11H2,(H2,22,23,24,25). The van der Waals surface area contributed by atoms with E-state index in [1.807, 2.05) is 24.3 Å². The first-order valence-electron chi connectivity index (χ1n) is 9.02. The van der Waals surface area contributed by atoms with Gasteiger partial charge in [-0.25, -0.2) is 4.79 Å². The Morgan fingerprint density at radius 2 is 2.07 bits per heavy atom. The lowest BCUT2D eigenvalue weighted by Crippen LogP contribution is -2.50. The molecule has 2 amide bonds. The van der Waals surface area contributed by atoms with Crippen LogP contribution in [0.3, 0.4) is 0 Å². The van der Waals surface area contributed by atoms with E-state index in [2.05, 4.69) is 15.6 Å². The number of urea groups is 1. The molecule has 0 bridgehead atoms. The highest BCUT2D eigenvalue weighted by molar-refractivity contribution is 6.31. The van der Waals surface area contributed by atoms with Gasteiger partial charge in [-0.1, -0.05) is 29.8 Å². The van der Waals surface area contributed by atoms with Crippen LogP contribution in [-0.2, 0) is 0 Å². The average Bonchev–Trinajstić information content (AvgIpc) is 3.01. The number of nitrogens with zero attached hydrogens (tertiary/aromatic N) is 1. The minimum Gasteiger partial charge on any atom is -0.487 e. The number of oxazole rings is 1. The molecule has 5 rings (SSSR count). The number of nitrogens with one attached hydrogen (secondary N) is 2. The number of anilines is 1. The largest absolute Gasteiger partial charge is 0.487 e. The highest BCUT2D eigenvalue weighted by Gasteiger charge is 2.45. The maximum atomic E-state index is 12.6. The molecule has 2 heterocycles. The van der Waals surface area contributed by atoms with Gasteiger partial charge >= 0.3 is 12.0 Å². The first-order chi connectivity index (χ1) is 13.1. The fourth-order valence-corrected chi connectivity index (χ4v) is 4.04. The van der Waals surface area contributed by atoms with Crippen LogP contribution >= 0.6 is 11.6 Å². The smallest absolute Gasteiger partial charge is 0.323 e. The first kappa shape index (κ1) is 16.4. The molecule has 1 saturated carbocycles. The van der Waals surface area contributed by atoms with Crippen molar-refractivity contribution < 1.29 is 13.9 Å². The molecule has 1 aromatic heterocycles. The maximum absolute atomic E-state index is 12.6. The zero-order valence-corrected chi connectivity index (χ0v) is 15.3. The van der Waals surface area contributed by atoms with Crippen LogP contribution in [0.25, 0.3) is 11.1 Å². The number of hydrogen-bond donors (Lipinski definition) is 2. The summed E-state index contributed by atoms with van der Waals surface area (Å²) in [6.07, 6.45) is 3.97. The number of halogens is 1. The average molecular weight is 384 g/mol. The van der Waals surface area contributed by atoms with E-state index in [-0.39, 0.29) is 23.7 Å². The predicted octanol–water partition coefficient (Wildman–Crippen LogP) is 5.05. The summed E-state index contributed by atoms with van der Waals surface area (Å²) in [4.78, 5) is 16.8. The lowest BCUT2D eigenvalue weighted by Gasteiger charge is -2.47. The highest BCUT2D eigenvalue weighted by atomic mass is 35.5. The van der Waals surface area contributed by atoms with Crippen LogP contribution in [0.15, 0.2) is 46.9 Å². The van der Waals surface area contributed by atoms with Gasteiger partial charge < -0.3 is 14.5 Å². The monoisotopic (exact) mass is 383 g/mol. The predicted molar refractivity (Wildman–Crippen MR) is 102 cm³/mol. The quantitative estimate of drug-likeness (QED) is 0.649. The molecule has 1 atom stereocenters. The SMILES string of the molecule is O=C(Nc1nc2cc(Cl)ccc2o1)NC1CC2(CCC2)Oc2ccccc21. The minimum atomic E-state index is -0.358. The second kappa shape index (κ2) is 6.16. The van der Waals surface area contributed by atoms with E-state index < -0.39 is 0 Å². The summed E-state index contributed by atoms with van der Waals surface area (Å²) in [5.74, 6) is 0.852. The molecule has 7 heteroatoms. The van der Waals surface area contributed by atoms with Crippen LogP contribution in [-0.4, -0.2) is 16.6 Å². The molecule has 2 N–H and O–H groups in total. The number of benzene rings is 2. The summed E-state index contributed by atoms with van der Waals surface area (Å²) in [6.45, 7) is 0. The second-order valence-corrected chi connectivity index (χ2v) is 7.60. The third-order valence-electron chi connectivity index (χ3n) is 5.34. The summed E-state index contributed by atoms with van der Waals surface area (Å²) >= 11 is 5.96. The van der Waals surface area contributed by atoms with Crippen LogP contribution in [0.1, 0.15) is 37.3 Å². The van der Waals surface area contributed by atoms with Gasteiger partial charge in [-0.05, 0) is 43.5 Å². The van der Waals surface area contributed by atoms with E-state index in [9.17, 15) is 4.79 Å². The number of fused-ring (bicyclic) bond motifs is 2. The Balaban J connectivity index is 1.35. The van der Waals surface area contributed by atoms with Gasteiger partial charge in [-0.3, -0.25) is 5.32 Å². The van der Waals surface area contributed by atoms with Gasteiger partial charge in [0.2, 0.25) is 0 Å². The molecule has 1 aliphatic carbocycles. The molecule has 138 valence electrons. The minimum absolute atomic E-state index is 0.117. The van der Waals surface area contributed by atoms with E-state index in [4.69, 9.17) is 20.8 Å². The van der Waals surface area contributed by atoms with E-state index >= 15 is 0 Å². The molecule has 0 radical (unpaired) electrons. The van der Waals surface area contributed by atoms with E-state index in [1.54, 1.807) is 18.2 Å². The van der Waals surface area contributed by atoms with Gasteiger partial charge in [-0.2, -0.15) is 4.98 Å². The first-order valence-corrected chi connectivity index (χ1v) is 9.40. The fourth-order valence-electron chi connectivity index (χ4n) is 3.87. The van der Waals surface area contributed by atoms with Gasteiger partial charge in [-0.15, -0.1) is 0 Å². The number of amides is 2. The van der Waals surface area contributed by atoms with Gasteiger partial charge in [0.15, 0.2) is 5.58 Å². The second-order valence-electron chi connectivity index (χ2n) is 7.16. The van der Waals surface area contributed by atoms with Gasteiger partial charge in [0.25, 0.3) is 0 Å². The van der Waals surface area contributed by atoms with Crippen LogP contribution in [0.2, 0.25) is 5.02 Å². The van der Waals surface area contributed by atoms with E-state index in [0.717, 1.165) is 37.0 Å². The zero-order valence-electron chi connectivity index (χ0n) is 14.5. The van der Waals surface area contributed by atoms with Crippen molar-refractivity contribution in [2.24, 2.45) is 0 Å². The number of ether oxygens (including phenoxy) is 1. The van der Waals surface area contributed by atoms with Crippen molar-refractivity contribution in [2.45, 2.75) is 37.3 Å². The van der Waals surface area contributed by atoms with Gasteiger partial charge in [0.1, 0.15) is 16.9 Å². The third kappa shape index (κ3) is 3.00. The number of para-hydroxylation sites is 1. The van der Waals surface area contributed by atoms with E-state index in [0.29, 0.717) is 16.1 Å². The molecule has 3 aromatic rings. The Bertz CT molecular complexity index is 1030. The summed E-state index contributed by atoms with van der Waals surface area (Å²) in [5.41, 5.74) is 2.01. The molecular weight excluding hydrogens is 366 g/mol. The highest BCUT2D eigenvalue weighted by Crippen LogP contribution is 2.48. The fraction of sp³-hybridized carbons (Fsp3) is 0.300. The van der Waals surface area contributed by atoms with Crippen LogP contribution in [0.5, 0.6) is 5.75 Å². The number of rotatable bonds is 2. The van der Waals surface area contributed by atoms with Gasteiger partial charge in [0, 0.05) is 17.0 Å². The Kier molecular flexibility index (Phi) is 3.75. The van der Waals surface area contributed by atoms with Crippen molar-refractivity contribution in [3.05, 3.63) is 53.1 Å². The summed E-state index contributed by atoms with van der Waals surface area (Å²) in [5, 5.41) is 6.29. The lowest BCUT2D eigenvalue weighted by atomic mass is 9.73. The Morgan fingerprint density at radius 3 is 2.89 bits per heavy atom. The van der Waals surface area contributed by atoms with Crippen LogP contribution in [0.4, 0.5) is 10.8 Å². The molecular formula is C20H18ClN3O3. The maximum Gasteiger partial charge on any atom is 0.323 e. The van der Waals surface area contributed by atoms with Crippen molar-refractivity contribution in [2.75, 3.05) is 5.32 Å². The summed E-state index contributed by atoms with van der Waals surface area (Å²) in [7, 11) is 0. The molecule has 1 spiro atoms. The lowest BCUT2D eigenvalue weighted by molar-refractivity contribution is -0.0354. The molecule has 0 saturated heterocycles. The Labute approximate surface area is 160 Å². The normalized spacial score (nSPS) is 19.8. The Morgan fingerprint density at radius 1 is 1.22 bits per heavy atom. The van der Waals surface area contributed by atoms with Crippen molar-refractivity contribution in [1.29, 1.82) is 0 Å². The summed E-state index contributed by atoms with van der Waals surface area (Å²) < 4.78 is 11.8. The van der Waals surface area contributed by atoms with Crippen molar-refractivity contribution in [3.8, 4) is 5.75 Å². The molecule has 27 heavy (non-hydrogen) atoms. The Hall–Kier alpha value is -2.73. The van der Waals surface area contributed by atoms with Gasteiger partial charge in [0.05, 0.1) is 6.04 Å². The molecule has 1 aliphatic heterocycles. The van der Waals surface area contributed by atoms with Crippen LogP contribution in [0, 0.1) is 0 Å². The van der Waals surface area contributed by atoms with Crippen molar-refractivity contribution >= 4 is 34.7 Å². The van der Waals surface area contributed by atoms with Crippen molar-refractivity contribution in [1.82, 2.24) is 10.3 Å². The summed E-state index contributed by atoms with van der Waals surface area (Å²) in [6, 6.07) is 12.7.